The third-order valence-electron chi connectivity index (χ3n) is 3.93. The van der Waals surface area contributed by atoms with Crippen molar-refractivity contribution in [1.82, 2.24) is 9.78 Å². The van der Waals surface area contributed by atoms with E-state index in [1.807, 2.05) is 25.7 Å². The summed E-state index contributed by atoms with van der Waals surface area (Å²) in [6.07, 6.45) is 7.57. The molecule has 6 heteroatoms. The minimum atomic E-state index is -0.500. The van der Waals surface area contributed by atoms with Gasteiger partial charge in [-0.1, -0.05) is 0 Å². The first-order valence-corrected chi connectivity index (χ1v) is 8.26. The summed E-state index contributed by atoms with van der Waals surface area (Å²) >= 11 is 0. The number of aromatic nitrogens is 2. The van der Waals surface area contributed by atoms with Crippen molar-refractivity contribution in [3.63, 3.8) is 0 Å². The second-order valence-corrected chi connectivity index (χ2v) is 5.62. The number of esters is 1. The third-order valence-corrected chi connectivity index (χ3v) is 3.93. The Bertz CT molecular complexity index is 774. The van der Waals surface area contributed by atoms with E-state index in [9.17, 15) is 9.59 Å². The van der Waals surface area contributed by atoms with E-state index < -0.39 is 5.97 Å². The Hall–Kier alpha value is -2.63. The van der Waals surface area contributed by atoms with E-state index in [0.717, 1.165) is 5.92 Å². The monoisotopic (exact) mass is 351 g/mol. The lowest BCUT2D eigenvalue weighted by molar-refractivity contribution is 0.0512. The molecule has 0 atom stereocenters. The normalized spacial score (nSPS) is 14.4. The van der Waals surface area contributed by atoms with Crippen molar-refractivity contribution in [2.75, 3.05) is 13.7 Å². The zero-order valence-corrected chi connectivity index (χ0v) is 14.6. The second-order valence-electron chi connectivity index (χ2n) is 5.62. The number of rotatable bonds is 7. The molecule has 1 fully saturated rings. The SMILES string of the molecule is CCOC(=O)c1cc([C]2[CH][CH][CH][CH]2)nn1CC(=O)c1ccc(OC)cc1. The molecular formula is C20H19N2O4. The molecule has 1 saturated carbocycles. The predicted octanol–water partition coefficient (Wildman–Crippen LogP) is 2.70. The molecular weight excluding hydrogens is 332 g/mol. The minimum Gasteiger partial charge on any atom is -0.497 e. The standard InChI is InChI=1S/C20H19N2O4/c1-3-26-20(24)18-12-17(14-6-4-5-7-14)21-22(18)13-19(23)15-8-10-16(25-2)11-9-15/h4-12H,3,13H2,1-2H3. The lowest BCUT2D eigenvalue weighted by atomic mass is 10.0. The number of carbonyl (C=O) groups excluding carboxylic acids is 2. The van der Waals surface area contributed by atoms with Crippen LogP contribution in [0, 0.1) is 31.6 Å². The van der Waals surface area contributed by atoms with Crippen LogP contribution >= 0.6 is 0 Å². The van der Waals surface area contributed by atoms with Crippen molar-refractivity contribution in [1.29, 1.82) is 0 Å². The Morgan fingerprint density at radius 2 is 1.81 bits per heavy atom. The maximum atomic E-state index is 12.6. The van der Waals surface area contributed by atoms with Gasteiger partial charge in [-0.2, -0.15) is 5.10 Å². The number of ether oxygens (including phenoxy) is 2. The Morgan fingerprint density at radius 1 is 1.12 bits per heavy atom. The number of methoxy groups -OCH3 is 1. The fourth-order valence-electron chi connectivity index (χ4n) is 2.60. The van der Waals surface area contributed by atoms with E-state index in [0.29, 0.717) is 17.0 Å². The van der Waals surface area contributed by atoms with Crippen molar-refractivity contribution in [3.8, 4) is 5.75 Å². The Morgan fingerprint density at radius 3 is 2.42 bits per heavy atom. The average molecular weight is 351 g/mol. The summed E-state index contributed by atoms with van der Waals surface area (Å²) in [4.78, 5) is 24.8. The number of ketones is 1. The number of hydrogen-bond donors (Lipinski definition) is 0. The molecule has 0 aliphatic heterocycles. The predicted molar refractivity (Wildman–Crippen MR) is 95.1 cm³/mol. The van der Waals surface area contributed by atoms with Gasteiger partial charge < -0.3 is 9.47 Å². The van der Waals surface area contributed by atoms with Gasteiger partial charge in [-0.3, -0.25) is 4.79 Å². The topological polar surface area (TPSA) is 70.4 Å². The van der Waals surface area contributed by atoms with E-state index in [-0.39, 0.29) is 24.6 Å². The summed E-state index contributed by atoms with van der Waals surface area (Å²) in [7, 11) is 1.57. The molecule has 3 rings (SSSR count). The number of carbonyl (C=O) groups is 2. The molecule has 5 radical (unpaired) electrons. The first kappa shape index (κ1) is 18.2. The zero-order chi connectivity index (χ0) is 18.5. The molecule has 26 heavy (non-hydrogen) atoms. The van der Waals surface area contributed by atoms with Crippen LogP contribution in [0.15, 0.2) is 30.3 Å². The van der Waals surface area contributed by atoms with E-state index in [1.165, 1.54) is 4.68 Å². The van der Waals surface area contributed by atoms with E-state index in [1.54, 1.807) is 44.4 Å². The first-order chi connectivity index (χ1) is 12.6. The van der Waals surface area contributed by atoms with Crippen LogP contribution < -0.4 is 4.74 Å². The summed E-state index contributed by atoms with van der Waals surface area (Å²) in [6.45, 7) is 1.93. The van der Waals surface area contributed by atoms with Crippen molar-refractivity contribution >= 4 is 11.8 Å². The second kappa shape index (κ2) is 8.17. The van der Waals surface area contributed by atoms with Gasteiger partial charge in [0.05, 0.1) is 19.4 Å². The molecule has 1 aromatic carbocycles. The molecule has 2 aromatic rings. The van der Waals surface area contributed by atoms with Gasteiger partial charge >= 0.3 is 5.97 Å². The molecule has 1 aliphatic rings. The van der Waals surface area contributed by atoms with Gasteiger partial charge in [0.15, 0.2) is 5.78 Å². The van der Waals surface area contributed by atoms with Crippen LogP contribution in [-0.4, -0.2) is 35.2 Å². The largest absolute Gasteiger partial charge is 0.497 e. The molecule has 0 bridgehead atoms. The van der Waals surface area contributed by atoms with Gasteiger partial charge in [0.2, 0.25) is 0 Å². The Kier molecular flexibility index (Phi) is 5.71. The van der Waals surface area contributed by atoms with E-state index >= 15 is 0 Å². The Labute approximate surface area is 153 Å². The zero-order valence-electron chi connectivity index (χ0n) is 14.6. The van der Waals surface area contributed by atoms with Gasteiger partial charge in [-0.15, -0.1) is 0 Å². The lowest BCUT2D eigenvalue weighted by Gasteiger charge is -2.07. The lowest BCUT2D eigenvalue weighted by Crippen LogP contribution is -2.18. The highest BCUT2D eigenvalue weighted by atomic mass is 16.5. The Balaban J connectivity index is 1.83. The average Bonchev–Trinajstić information content (AvgIpc) is 3.31. The fourth-order valence-corrected chi connectivity index (χ4v) is 2.60. The maximum absolute atomic E-state index is 12.6. The van der Waals surface area contributed by atoms with Crippen LogP contribution in [0.4, 0.5) is 0 Å². The van der Waals surface area contributed by atoms with Crippen molar-refractivity contribution in [2.24, 2.45) is 0 Å². The fraction of sp³-hybridized carbons (Fsp3) is 0.200. The molecule has 6 nitrogen and oxygen atoms in total. The van der Waals surface area contributed by atoms with Crippen molar-refractivity contribution in [2.45, 2.75) is 13.5 Å². The number of Topliss-reactive ketones (excluding diaryl/α,β-unsaturated/α-hetero) is 1. The molecule has 1 aromatic heterocycles. The summed E-state index contributed by atoms with van der Waals surface area (Å²) < 4.78 is 11.6. The van der Waals surface area contributed by atoms with Gasteiger partial charge in [0, 0.05) is 11.5 Å². The summed E-state index contributed by atoms with van der Waals surface area (Å²) in [5.41, 5.74) is 1.40. The summed E-state index contributed by atoms with van der Waals surface area (Å²) in [5.74, 6) is 0.897. The van der Waals surface area contributed by atoms with Gasteiger partial charge in [-0.05, 0) is 62.9 Å². The number of nitrogens with zero attached hydrogens (tertiary/aromatic N) is 2. The quantitative estimate of drug-likeness (QED) is 0.567. The molecule has 0 unspecified atom stereocenters. The van der Waals surface area contributed by atoms with Gasteiger partial charge in [0.25, 0.3) is 0 Å². The van der Waals surface area contributed by atoms with E-state index in [2.05, 4.69) is 5.10 Å². The van der Waals surface area contributed by atoms with Crippen molar-refractivity contribution < 1.29 is 19.1 Å². The van der Waals surface area contributed by atoms with Gasteiger partial charge in [0.1, 0.15) is 18.0 Å². The molecule has 1 aliphatic carbocycles. The molecule has 0 saturated heterocycles. The van der Waals surface area contributed by atoms with Crippen LogP contribution in [0.5, 0.6) is 5.75 Å². The third kappa shape index (κ3) is 3.95. The summed E-state index contributed by atoms with van der Waals surface area (Å²) in [6, 6.07) is 8.46. The van der Waals surface area contributed by atoms with Gasteiger partial charge in [-0.25, -0.2) is 9.48 Å². The molecule has 133 valence electrons. The van der Waals surface area contributed by atoms with Crippen LogP contribution in [0.3, 0.4) is 0 Å². The van der Waals surface area contributed by atoms with Crippen LogP contribution in [0.1, 0.15) is 33.5 Å². The van der Waals surface area contributed by atoms with Crippen LogP contribution in [-0.2, 0) is 11.3 Å². The highest BCUT2D eigenvalue weighted by molar-refractivity contribution is 5.97. The van der Waals surface area contributed by atoms with Crippen molar-refractivity contribution in [3.05, 3.63) is 78.9 Å². The first-order valence-electron chi connectivity index (χ1n) is 8.26. The van der Waals surface area contributed by atoms with Crippen LogP contribution in [0.25, 0.3) is 0 Å². The van der Waals surface area contributed by atoms with Crippen LogP contribution in [0.2, 0.25) is 0 Å². The highest BCUT2D eigenvalue weighted by Crippen LogP contribution is 2.29. The molecule has 1 heterocycles. The maximum Gasteiger partial charge on any atom is 0.356 e. The van der Waals surface area contributed by atoms with E-state index in [4.69, 9.17) is 9.47 Å². The minimum absolute atomic E-state index is 0.0544. The molecule has 0 amide bonds. The molecule has 0 spiro atoms. The highest BCUT2D eigenvalue weighted by Gasteiger charge is 2.26. The summed E-state index contributed by atoms with van der Waals surface area (Å²) in [5, 5.41) is 4.43. The number of benzene rings is 1. The molecule has 0 N–H and O–H groups in total. The number of hydrogen-bond acceptors (Lipinski definition) is 5. The smallest absolute Gasteiger partial charge is 0.356 e.